The van der Waals surface area contributed by atoms with Crippen molar-refractivity contribution >= 4 is 23.2 Å². The maximum atomic E-state index is 14.5. The summed E-state index contributed by atoms with van der Waals surface area (Å²) < 4.78 is 0. The molecule has 4 atom stereocenters. The molecule has 0 unspecified atom stereocenters. The summed E-state index contributed by atoms with van der Waals surface area (Å²) in [6.45, 7) is 18.8. The number of aromatic hydroxyl groups is 1. The predicted octanol–water partition coefficient (Wildman–Crippen LogP) is 5.14. The molecule has 3 aliphatic carbocycles. The molecule has 0 heterocycles. The molecule has 212 valence electrons. The van der Waals surface area contributed by atoms with Gasteiger partial charge in [-0.25, -0.2) is 0 Å². The second-order valence-corrected chi connectivity index (χ2v) is 14.1. The Balaban J connectivity index is 2.03. The topological polar surface area (TPSA) is 124 Å². The summed E-state index contributed by atoms with van der Waals surface area (Å²) in [5, 5.41) is 37.5. The molecule has 39 heavy (non-hydrogen) atoms. The second-order valence-electron chi connectivity index (χ2n) is 14.1. The van der Waals surface area contributed by atoms with Crippen LogP contribution in [0.1, 0.15) is 98.3 Å². The van der Waals surface area contributed by atoms with Gasteiger partial charge in [0.05, 0.1) is 11.1 Å². The number of carbonyl (C=O) groups excluding carboxylic acids is 3. The van der Waals surface area contributed by atoms with Crippen molar-refractivity contribution in [1.29, 1.82) is 0 Å². The second kappa shape index (κ2) is 8.79. The molecule has 0 aromatic heterocycles. The van der Waals surface area contributed by atoms with Crippen molar-refractivity contribution in [3.8, 4) is 5.75 Å². The summed E-state index contributed by atoms with van der Waals surface area (Å²) in [5.74, 6) is -3.46. The number of benzene rings is 1. The Morgan fingerprint density at radius 3 is 2.15 bits per heavy atom. The van der Waals surface area contributed by atoms with Gasteiger partial charge in [-0.05, 0) is 75.5 Å². The lowest BCUT2D eigenvalue weighted by molar-refractivity contribution is -0.180. The molecule has 0 saturated heterocycles. The summed E-state index contributed by atoms with van der Waals surface area (Å²) in [7, 11) is 0. The normalized spacial score (nSPS) is 30.9. The van der Waals surface area contributed by atoms with Gasteiger partial charge in [-0.3, -0.25) is 14.4 Å². The fraction of sp³-hybridized carbons (Fsp3) is 0.594. The van der Waals surface area contributed by atoms with Crippen LogP contribution in [0, 0.1) is 22.7 Å². The molecule has 3 aliphatic rings. The van der Waals surface area contributed by atoms with Crippen LogP contribution in [0.4, 0.5) is 0 Å². The fourth-order valence-corrected chi connectivity index (χ4v) is 8.06. The van der Waals surface area contributed by atoms with Crippen molar-refractivity contribution in [2.24, 2.45) is 22.7 Å². The number of phenolic OH excluding ortho intramolecular Hbond substituents is 1. The van der Waals surface area contributed by atoms with Crippen LogP contribution in [-0.4, -0.2) is 43.9 Å². The first-order valence-corrected chi connectivity index (χ1v) is 13.9. The van der Waals surface area contributed by atoms with E-state index in [0.29, 0.717) is 12.0 Å². The fourth-order valence-electron chi connectivity index (χ4n) is 8.06. The van der Waals surface area contributed by atoms with Crippen LogP contribution in [-0.2, 0) is 20.8 Å². The minimum absolute atomic E-state index is 0.0582. The van der Waals surface area contributed by atoms with Gasteiger partial charge < -0.3 is 20.6 Å². The summed E-state index contributed by atoms with van der Waals surface area (Å²) in [6, 6.07) is 3.35. The Hall–Kier alpha value is -2.93. The van der Waals surface area contributed by atoms with E-state index in [4.69, 9.17) is 0 Å². The Morgan fingerprint density at radius 2 is 1.64 bits per heavy atom. The van der Waals surface area contributed by atoms with E-state index in [-0.39, 0.29) is 40.7 Å². The Bertz CT molecular complexity index is 1360. The highest BCUT2D eigenvalue weighted by molar-refractivity contribution is 6.33. The number of rotatable bonds is 3. The number of carbonyl (C=O) groups is 3. The predicted molar refractivity (Wildman–Crippen MR) is 150 cm³/mol. The Labute approximate surface area is 231 Å². The molecule has 7 heteroatoms. The van der Waals surface area contributed by atoms with Crippen molar-refractivity contribution in [1.82, 2.24) is 5.32 Å². The van der Waals surface area contributed by atoms with Gasteiger partial charge in [0, 0.05) is 21.9 Å². The van der Waals surface area contributed by atoms with Crippen molar-refractivity contribution in [2.45, 2.75) is 99.1 Å². The van der Waals surface area contributed by atoms with Crippen LogP contribution < -0.4 is 5.32 Å². The number of phenols is 1. The zero-order valence-corrected chi connectivity index (χ0v) is 24.9. The van der Waals surface area contributed by atoms with E-state index < -0.39 is 51.1 Å². The van der Waals surface area contributed by atoms with Crippen molar-refractivity contribution < 1.29 is 29.7 Å². The molecule has 0 radical (unpaired) electrons. The molecule has 1 aromatic rings. The number of fused-ring (bicyclic) bond motifs is 3. The summed E-state index contributed by atoms with van der Waals surface area (Å²) in [4.78, 5) is 42.1. The zero-order chi connectivity index (χ0) is 29.6. The van der Waals surface area contributed by atoms with Crippen molar-refractivity contribution in [3.05, 3.63) is 45.5 Å². The Morgan fingerprint density at radius 1 is 1.05 bits per heavy atom. The van der Waals surface area contributed by atoms with Crippen LogP contribution in [0.3, 0.4) is 0 Å². The first-order valence-electron chi connectivity index (χ1n) is 13.9. The van der Waals surface area contributed by atoms with Gasteiger partial charge in [-0.2, -0.15) is 0 Å². The van der Waals surface area contributed by atoms with Crippen LogP contribution in [0.2, 0.25) is 0 Å². The van der Waals surface area contributed by atoms with Crippen molar-refractivity contribution in [2.75, 3.05) is 0 Å². The van der Waals surface area contributed by atoms with E-state index in [1.807, 2.05) is 40.7 Å². The minimum atomic E-state index is -2.56. The van der Waals surface area contributed by atoms with E-state index in [2.05, 4.69) is 5.32 Å². The van der Waals surface area contributed by atoms with Gasteiger partial charge in [0.1, 0.15) is 11.5 Å². The number of hydrogen-bond acceptors (Lipinski definition) is 6. The molecule has 1 aromatic carbocycles. The third kappa shape index (κ3) is 3.91. The average Bonchev–Trinajstić information content (AvgIpc) is 2.74. The average molecular weight is 538 g/mol. The molecule has 1 fully saturated rings. The van der Waals surface area contributed by atoms with Crippen LogP contribution >= 0.6 is 0 Å². The Kier molecular flexibility index (Phi) is 6.55. The third-order valence-electron chi connectivity index (χ3n) is 9.22. The van der Waals surface area contributed by atoms with E-state index in [0.717, 1.165) is 11.1 Å². The smallest absolute Gasteiger partial charge is 0.255 e. The number of aliphatic hydroxyl groups excluding tert-OH is 1. The SMILES string of the molecule is CC1=C(C(=O)NC(C)(C)C)C(=O)[C@@]2(O)C(=O)C3=C(O)c4c(O)ccc(C(C)C)c4C[C@@]3(C)C[C@@]2(C)[C@@H]1C(C)C. The maximum Gasteiger partial charge on any atom is 0.255 e. The highest BCUT2D eigenvalue weighted by atomic mass is 16.3. The number of amides is 1. The van der Waals surface area contributed by atoms with E-state index in [9.17, 15) is 29.7 Å². The van der Waals surface area contributed by atoms with Gasteiger partial charge in [-0.15, -0.1) is 0 Å². The van der Waals surface area contributed by atoms with Crippen LogP contribution in [0.5, 0.6) is 5.75 Å². The van der Waals surface area contributed by atoms with E-state index >= 15 is 0 Å². The lowest BCUT2D eigenvalue weighted by atomic mass is 9.42. The number of aliphatic hydroxyl groups is 2. The van der Waals surface area contributed by atoms with Crippen LogP contribution in [0.15, 0.2) is 28.9 Å². The zero-order valence-electron chi connectivity index (χ0n) is 24.9. The van der Waals surface area contributed by atoms with Gasteiger partial charge in [0.25, 0.3) is 5.91 Å². The first-order chi connectivity index (χ1) is 17.7. The molecule has 0 bridgehead atoms. The monoisotopic (exact) mass is 537 g/mol. The van der Waals surface area contributed by atoms with Gasteiger partial charge in [0.15, 0.2) is 5.60 Å². The van der Waals surface area contributed by atoms with E-state index in [1.54, 1.807) is 34.6 Å². The summed E-state index contributed by atoms with van der Waals surface area (Å²) >= 11 is 0. The quantitative estimate of drug-likeness (QED) is 0.313. The molecular formula is C32H43NO6. The molecule has 4 rings (SSSR count). The van der Waals surface area contributed by atoms with Gasteiger partial charge in [-0.1, -0.05) is 53.2 Å². The molecule has 7 nitrogen and oxygen atoms in total. The minimum Gasteiger partial charge on any atom is -0.507 e. The number of nitrogens with one attached hydrogen (secondary N) is 1. The van der Waals surface area contributed by atoms with Gasteiger partial charge >= 0.3 is 0 Å². The molecule has 0 spiro atoms. The third-order valence-corrected chi connectivity index (χ3v) is 9.22. The van der Waals surface area contributed by atoms with E-state index in [1.165, 1.54) is 6.07 Å². The molecular weight excluding hydrogens is 494 g/mol. The van der Waals surface area contributed by atoms with Crippen molar-refractivity contribution in [3.63, 3.8) is 0 Å². The lowest BCUT2D eigenvalue weighted by Crippen LogP contribution is -2.71. The summed E-state index contributed by atoms with van der Waals surface area (Å²) in [6.07, 6.45) is 0.592. The number of ketones is 2. The number of Topliss-reactive ketones (excluding diaryl/α,β-unsaturated/α-hetero) is 2. The number of allylic oxidation sites excluding steroid dienone is 1. The molecule has 4 N–H and O–H groups in total. The first kappa shape index (κ1) is 29.1. The molecule has 1 saturated carbocycles. The highest BCUT2D eigenvalue weighted by Crippen LogP contribution is 2.65. The standard InChI is InChI=1S/C32H43NO6/c1-15(2)18-11-12-20(34)22-19(18)13-30(9)14-31(10)23(16(3)4)17(5)21(28(38)33-29(6,7)8)26(36)32(31,39)27(37)24(30)25(22)35/h11-12,15-16,23,34-35,39H,13-14H2,1-10H3,(H,33,38)/t23-,30+,31+,32-/m1/s1. The maximum absolute atomic E-state index is 14.5. The largest absolute Gasteiger partial charge is 0.507 e. The highest BCUT2D eigenvalue weighted by Gasteiger charge is 2.72. The molecule has 0 aliphatic heterocycles. The number of hydrogen-bond donors (Lipinski definition) is 4. The lowest BCUT2D eigenvalue weighted by Gasteiger charge is -2.60. The van der Waals surface area contributed by atoms with Crippen LogP contribution in [0.25, 0.3) is 5.76 Å². The van der Waals surface area contributed by atoms with Gasteiger partial charge in [0.2, 0.25) is 11.6 Å². The molecule has 1 amide bonds. The summed E-state index contributed by atoms with van der Waals surface area (Å²) in [5.41, 5.74) is -3.13.